The van der Waals surface area contributed by atoms with E-state index in [0.717, 1.165) is 55.8 Å². The topological polar surface area (TPSA) is 21.3 Å². The third kappa shape index (κ3) is 5.46. The van der Waals surface area contributed by atoms with Gasteiger partial charge in [0.15, 0.2) is 0 Å². The first-order valence-electron chi connectivity index (χ1n) is 24.2. The Morgan fingerprint density at radius 1 is 0.329 bits per heavy atom. The van der Waals surface area contributed by atoms with Gasteiger partial charge < -0.3 is 13.9 Å². The Balaban J connectivity index is 0.899. The Morgan fingerprint density at radius 2 is 0.843 bits per heavy atom. The number of benzene rings is 11. The van der Waals surface area contributed by atoms with Crippen molar-refractivity contribution in [3.8, 4) is 50.2 Å². The zero-order valence-electron chi connectivity index (χ0n) is 38.1. The molecule has 2 aromatic heterocycles. The maximum absolute atomic E-state index is 6.34. The Kier molecular flexibility index (Phi) is 8.28. The molecule has 3 heteroatoms. The van der Waals surface area contributed by atoms with Gasteiger partial charge in [0.25, 0.3) is 0 Å². The minimum atomic E-state index is -0.452. The Hall–Kier alpha value is -9.18. The zero-order chi connectivity index (χ0) is 45.9. The number of furan rings is 1. The number of anilines is 3. The van der Waals surface area contributed by atoms with Crippen molar-refractivity contribution in [1.29, 1.82) is 0 Å². The summed E-state index contributed by atoms with van der Waals surface area (Å²) in [4.78, 5) is 2.47. The van der Waals surface area contributed by atoms with Crippen LogP contribution in [-0.2, 0) is 5.41 Å². The molecule has 0 fully saturated rings. The van der Waals surface area contributed by atoms with E-state index in [2.05, 4.69) is 252 Å². The van der Waals surface area contributed by atoms with E-state index in [9.17, 15) is 0 Å². The van der Waals surface area contributed by atoms with Crippen molar-refractivity contribution in [2.24, 2.45) is 0 Å². The molecule has 2 aliphatic carbocycles. The quantitative estimate of drug-likeness (QED) is 0.166. The first-order valence-corrected chi connectivity index (χ1v) is 24.2. The Labute approximate surface area is 405 Å². The molecule has 0 saturated carbocycles. The second-order valence-corrected chi connectivity index (χ2v) is 18.7. The average molecular weight is 891 g/mol. The van der Waals surface area contributed by atoms with Gasteiger partial charge in [0.2, 0.25) is 0 Å². The highest BCUT2D eigenvalue weighted by atomic mass is 16.3. The van der Waals surface area contributed by atoms with Crippen LogP contribution in [0.5, 0.6) is 0 Å². The van der Waals surface area contributed by atoms with Gasteiger partial charge in [-0.3, -0.25) is 0 Å². The van der Waals surface area contributed by atoms with E-state index < -0.39 is 5.41 Å². The highest BCUT2D eigenvalue weighted by Crippen LogP contribution is 2.64. The van der Waals surface area contributed by atoms with Gasteiger partial charge in [-0.2, -0.15) is 0 Å². The molecule has 0 N–H and O–H groups in total. The molecule has 0 amide bonds. The van der Waals surface area contributed by atoms with Gasteiger partial charge in [-0.25, -0.2) is 0 Å². The lowest BCUT2D eigenvalue weighted by molar-refractivity contribution is 0.669. The highest BCUT2D eigenvalue weighted by molar-refractivity contribution is 6.11. The molecule has 326 valence electrons. The minimum Gasteiger partial charge on any atom is -0.456 e. The van der Waals surface area contributed by atoms with Crippen LogP contribution in [0.3, 0.4) is 0 Å². The molecule has 11 aromatic carbocycles. The van der Waals surface area contributed by atoms with E-state index in [4.69, 9.17) is 4.42 Å². The molecule has 0 saturated heterocycles. The largest absolute Gasteiger partial charge is 0.456 e. The molecule has 2 heterocycles. The number of nitrogens with zero attached hydrogens (tertiary/aromatic N) is 2. The standard InChI is InChI=1S/C67H42N2O/c1-2-15-47(16-3-1)69-61-26-12-7-19-52(61)56-41-45(34-40-62(56)69)43-29-35-48(36-30-43)68(49-37-31-44(32-38-49)46-33-39-54-53-20-8-13-28-64(53)70-65(54)42-46)63-27-14-25-60-66(63)55-21-6-11-24-59(55)67(60)57-22-9-4-17-50(57)51-18-5-10-23-58(51)67/h1-42H. The fraction of sp³-hybridized carbons (Fsp3) is 0.0149. The fourth-order valence-corrected chi connectivity index (χ4v) is 12.3. The highest BCUT2D eigenvalue weighted by Gasteiger charge is 2.52. The van der Waals surface area contributed by atoms with Gasteiger partial charge in [0.1, 0.15) is 11.2 Å². The number of para-hydroxylation sites is 3. The summed E-state index contributed by atoms with van der Waals surface area (Å²) in [6.07, 6.45) is 0. The minimum absolute atomic E-state index is 0.452. The van der Waals surface area contributed by atoms with Crippen LogP contribution in [-0.4, -0.2) is 4.57 Å². The van der Waals surface area contributed by atoms with Crippen LogP contribution in [0.15, 0.2) is 259 Å². The molecule has 0 atom stereocenters. The maximum atomic E-state index is 6.34. The lowest BCUT2D eigenvalue weighted by Crippen LogP contribution is -2.26. The predicted octanol–water partition coefficient (Wildman–Crippen LogP) is 17.8. The number of rotatable bonds is 6. The molecule has 2 aliphatic rings. The summed E-state index contributed by atoms with van der Waals surface area (Å²) in [7, 11) is 0. The lowest BCUT2D eigenvalue weighted by Gasteiger charge is -2.32. The van der Waals surface area contributed by atoms with Crippen molar-refractivity contribution in [3.63, 3.8) is 0 Å². The summed E-state index contributed by atoms with van der Waals surface area (Å²) in [5, 5.41) is 4.76. The smallest absolute Gasteiger partial charge is 0.136 e. The van der Waals surface area contributed by atoms with Gasteiger partial charge in [0, 0.05) is 44.2 Å². The van der Waals surface area contributed by atoms with Crippen LogP contribution >= 0.6 is 0 Å². The van der Waals surface area contributed by atoms with Gasteiger partial charge in [0.05, 0.1) is 22.1 Å². The Morgan fingerprint density at radius 3 is 1.56 bits per heavy atom. The van der Waals surface area contributed by atoms with Crippen molar-refractivity contribution >= 4 is 60.8 Å². The van der Waals surface area contributed by atoms with Gasteiger partial charge >= 0.3 is 0 Å². The average Bonchev–Trinajstić information content (AvgIpc) is 4.15. The van der Waals surface area contributed by atoms with E-state index >= 15 is 0 Å². The molecule has 0 unspecified atom stereocenters. The van der Waals surface area contributed by atoms with Crippen LogP contribution in [0.1, 0.15) is 22.3 Å². The molecular formula is C67H42N2O. The molecule has 70 heavy (non-hydrogen) atoms. The van der Waals surface area contributed by atoms with Gasteiger partial charge in [-0.15, -0.1) is 0 Å². The lowest BCUT2D eigenvalue weighted by atomic mass is 9.70. The van der Waals surface area contributed by atoms with E-state index in [0.29, 0.717) is 0 Å². The summed E-state index contributed by atoms with van der Waals surface area (Å²) < 4.78 is 8.71. The third-order valence-corrected chi connectivity index (χ3v) is 15.2. The summed E-state index contributed by atoms with van der Waals surface area (Å²) in [5.74, 6) is 0. The second kappa shape index (κ2) is 14.9. The predicted molar refractivity (Wildman–Crippen MR) is 290 cm³/mol. The summed E-state index contributed by atoms with van der Waals surface area (Å²) in [5.41, 5.74) is 23.3. The van der Waals surface area contributed by atoms with Gasteiger partial charge in [-0.05, 0) is 140 Å². The molecular weight excluding hydrogens is 849 g/mol. The normalized spacial score (nSPS) is 13.0. The van der Waals surface area contributed by atoms with Crippen molar-refractivity contribution < 1.29 is 4.42 Å². The molecule has 0 aliphatic heterocycles. The first-order chi connectivity index (χ1) is 34.7. The van der Waals surface area contributed by atoms with Crippen LogP contribution in [0.25, 0.3) is 93.9 Å². The molecule has 13 aromatic rings. The van der Waals surface area contributed by atoms with Crippen LogP contribution in [0, 0.1) is 0 Å². The van der Waals surface area contributed by atoms with E-state index in [1.165, 1.54) is 77.4 Å². The zero-order valence-corrected chi connectivity index (χ0v) is 38.1. The fourth-order valence-electron chi connectivity index (χ4n) is 12.3. The first kappa shape index (κ1) is 38.9. The third-order valence-electron chi connectivity index (χ3n) is 15.2. The number of hydrogen-bond donors (Lipinski definition) is 0. The van der Waals surface area contributed by atoms with E-state index in [1.807, 2.05) is 12.1 Å². The van der Waals surface area contributed by atoms with Crippen molar-refractivity contribution in [2.75, 3.05) is 4.90 Å². The molecule has 0 radical (unpaired) electrons. The molecule has 15 rings (SSSR count). The van der Waals surface area contributed by atoms with Crippen molar-refractivity contribution in [1.82, 2.24) is 4.57 Å². The van der Waals surface area contributed by atoms with Crippen molar-refractivity contribution in [2.45, 2.75) is 5.41 Å². The van der Waals surface area contributed by atoms with Crippen LogP contribution < -0.4 is 4.90 Å². The van der Waals surface area contributed by atoms with Crippen LogP contribution in [0.2, 0.25) is 0 Å². The molecule has 1 spiro atoms. The maximum Gasteiger partial charge on any atom is 0.136 e. The van der Waals surface area contributed by atoms with E-state index in [-0.39, 0.29) is 0 Å². The van der Waals surface area contributed by atoms with Crippen LogP contribution in [0.4, 0.5) is 17.1 Å². The number of fused-ring (bicyclic) bond motifs is 16. The van der Waals surface area contributed by atoms with E-state index in [1.54, 1.807) is 0 Å². The van der Waals surface area contributed by atoms with Gasteiger partial charge in [-0.1, -0.05) is 176 Å². The summed E-state index contributed by atoms with van der Waals surface area (Å²) in [6.45, 7) is 0. The number of hydrogen-bond acceptors (Lipinski definition) is 2. The van der Waals surface area contributed by atoms with Crippen molar-refractivity contribution in [3.05, 3.63) is 277 Å². The second-order valence-electron chi connectivity index (χ2n) is 18.7. The molecule has 0 bridgehead atoms. The Bertz CT molecular complexity index is 4190. The summed E-state index contributed by atoms with van der Waals surface area (Å²) in [6, 6.07) is 93.6. The summed E-state index contributed by atoms with van der Waals surface area (Å²) >= 11 is 0. The SMILES string of the molecule is c1ccc(-n2c3ccccc3c3cc(-c4ccc(N(c5ccc(-c6ccc7c(c6)oc6ccccc67)cc5)c5cccc6c5-c5ccccc5C65c6ccccc6-c6ccccc65)cc4)ccc32)cc1. The monoisotopic (exact) mass is 890 g/mol. The molecule has 3 nitrogen and oxygen atoms in total. The number of aromatic nitrogens is 1.